The molecule has 5 rings (SSSR count). The molecule has 35 heavy (non-hydrogen) atoms. The normalized spacial score (nSPS) is 21.2. The average molecular weight is 495 g/mol. The summed E-state index contributed by atoms with van der Waals surface area (Å²) < 4.78 is 11.1. The minimum absolute atomic E-state index is 0.0196. The molecule has 6 nitrogen and oxygen atoms in total. The van der Waals surface area contributed by atoms with Crippen LogP contribution in [0.4, 0.5) is 10.5 Å². The Kier molecular flexibility index (Phi) is 6.24. The molecule has 1 saturated heterocycles. The molecule has 1 amide bonds. The van der Waals surface area contributed by atoms with Gasteiger partial charge in [-0.3, -0.25) is 4.79 Å². The van der Waals surface area contributed by atoms with Crippen molar-refractivity contribution in [3.63, 3.8) is 0 Å². The van der Waals surface area contributed by atoms with Crippen LogP contribution in [0.3, 0.4) is 0 Å². The number of ether oxygens (including phenoxy) is 2. The fourth-order valence-corrected chi connectivity index (χ4v) is 6.72. The minimum atomic E-state index is -0.511. The number of methoxy groups -OCH3 is 1. The molecule has 7 heteroatoms. The molecular weight excluding hydrogens is 460 g/mol. The molecule has 0 aliphatic carbocycles. The lowest BCUT2D eigenvalue weighted by Gasteiger charge is -2.39. The molecule has 2 aromatic rings. The quantitative estimate of drug-likeness (QED) is 0.490. The SMILES string of the molecule is COc1ccc(-c2cc3c4c(c2)[C@@H]2CN(C(=O)OC(C)(C)C)CC[C@@H]2N4CCCS3)c(C(C)=O)c1. The third-order valence-electron chi connectivity index (χ3n) is 7.14. The van der Waals surface area contributed by atoms with Crippen molar-refractivity contribution in [3.8, 4) is 16.9 Å². The molecule has 3 aliphatic heterocycles. The number of piperidine rings is 1. The Morgan fingerprint density at radius 1 is 1.11 bits per heavy atom. The van der Waals surface area contributed by atoms with Crippen LogP contribution < -0.4 is 9.64 Å². The summed E-state index contributed by atoms with van der Waals surface area (Å²) in [5.41, 5.74) is 4.75. The number of hydrogen-bond donors (Lipinski definition) is 0. The molecule has 0 saturated carbocycles. The largest absolute Gasteiger partial charge is 0.497 e. The highest BCUT2D eigenvalue weighted by Crippen LogP contribution is 2.52. The third kappa shape index (κ3) is 4.51. The van der Waals surface area contributed by atoms with Gasteiger partial charge in [-0.25, -0.2) is 4.79 Å². The van der Waals surface area contributed by atoms with Gasteiger partial charge in [0.15, 0.2) is 5.78 Å². The van der Waals surface area contributed by atoms with Crippen LogP contribution in [0.25, 0.3) is 11.1 Å². The number of Topliss-reactive ketones (excluding diaryl/α,β-unsaturated/α-hetero) is 1. The van der Waals surface area contributed by atoms with E-state index in [0.29, 0.717) is 30.4 Å². The molecule has 2 atom stereocenters. The second kappa shape index (κ2) is 9.08. The van der Waals surface area contributed by atoms with Crippen molar-refractivity contribution >= 4 is 29.3 Å². The summed E-state index contributed by atoms with van der Waals surface area (Å²) in [5.74, 6) is 2.00. The highest BCUT2D eigenvalue weighted by Gasteiger charge is 2.45. The van der Waals surface area contributed by atoms with Crippen LogP contribution in [-0.4, -0.2) is 60.9 Å². The topological polar surface area (TPSA) is 59.1 Å². The van der Waals surface area contributed by atoms with E-state index < -0.39 is 5.60 Å². The van der Waals surface area contributed by atoms with Crippen molar-refractivity contribution < 1.29 is 19.1 Å². The molecule has 1 fully saturated rings. The molecule has 2 aromatic carbocycles. The first-order valence-electron chi connectivity index (χ1n) is 12.4. The Morgan fingerprint density at radius 3 is 2.63 bits per heavy atom. The van der Waals surface area contributed by atoms with Crippen molar-refractivity contribution in [2.24, 2.45) is 0 Å². The van der Waals surface area contributed by atoms with E-state index in [-0.39, 0.29) is 17.8 Å². The van der Waals surface area contributed by atoms with Crippen molar-refractivity contribution in [2.75, 3.05) is 37.4 Å². The molecule has 0 aromatic heterocycles. The van der Waals surface area contributed by atoms with Gasteiger partial charge in [-0.05, 0) is 93.3 Å². The number of ketones is 1. The lowest BCUT2D eigenvalue weighted by atomic mass is 9.87. The maximum absolute atomic E-state index is 12.9. The number of nitrogens with zero attached hydrogens (tertiary/aromatic N) is 2. The average Bonchev–Trinajstić information content (AvgIpc) is 2.96. The number of rotatable bonds is 3. The van der Waals surface area contributed by atoms with Crippen LogP contribution in [0, 0.1) is 0 Å². The number of hydrogen-bond acceptors (Lipinski definition) is 6. The molecule has 186 valence electrons. The van der Waals surface area contributed by atoms with E-state index in [4.69, 9.17) is 9.47 Å². The number of fused-ring (bicyclic) bond motifs is 3. The van der Waals surface area contributed by atoms with Gasteiger partial charge in [-0.2, -0.15) is 0 Å². The van der Waals surface area contributed by atoms with Gasteiger partial charge in [0.05, 0.1) is 12.8 Å². The van der Waals surface area contributed by atoms with E-state index in [1.54, 1.807) is 14.0 Å². The van der Waals surface area contributed by atoms with E-state index in [1.807, 2.05) is 55.6 Å². The van der Waals surface area contributed by atoms with Gasteiger partial charge in [-0.1, -0.05) is 0 Å². The molecule has 3 aliphatic rings. The highest BCUT2D eigenvalue weighted by atomic mass is 32.2. The molecular formula is C28H34N2O4S. The zero-order valence-electron chi connectivity index (χ0n) is 21.2. The van der Waals surface area contributed by atoms with E-state index in [1.165, 1.54) is 16.1 Å². The van der Waals surface area contributed by atoms with Crippen LogP contribution in [0.15, 0.2) is 35.2 Å². The maximum Gasteiger partial charge on any atom is 0.410 e. The molecule has 0 spiro atoms. The fourth-order valence-electron chi connectivity index (χ4n) is 5.65. The van der Waals surface area contributed by atoms with Gasteiger partial charge in [0.1, 0.15) is 11.4 Å². The molecule has 0 bridgehead atoms. The number of amides is 1. The first-order valence-corrected chi connectivity index (χ1v) is 13.4. The predicted molar refractivity (Wildman–Crippen MR) is 140 cm³/mol. The smallest absolute Gasteiger partial charge is 0.410 e. The molecule has 0 unspecified atom stereocenters. The van der Waals surface area contributed by atoms with Crippen LogP contribution >= 0.6 is 11.8 Å². The Hall–Kier alpha value is -2.67. The van der Waals surface area contributed by atoms with Crippen molar-refractivity contribution in [1.82, 2.24) is 4.90 Å². The van der Waals surface area contributed by atoms with Gasteiger partial charge >= 0.3 is 6.09 Å². The minimum Gasteiger partial charge on any atom is -0.497 e. The van der Waals surface area contributed by atoms with Crippen molar-refractivity contribution in [3.05, 3.63) is 41.5 Å². The maximum atomic E-state index is 12.9. The Balaban J connectivity index is 1.57. The van der Waals surface area contributed by atoms with E-state index in [2.05, 4.69) is 17.0 Å². The van der Waals surface area contributed by atoms with Crippen molar-refractivity contribution in [1.29, 1.82) is 0 Å². The van der Waals surface area contributed by atoms with Gasteiger partial charge in [0.2, 0.25) is 0 Å². The lowest BCUT2D eigenvalue weighted by Crippen LogP contribution is -2.49. The molecule has 0 radical (unpaired) electrons. The van der Waals surface area contributed by atoms with Crippen LogP contribution in [0.5, 0.6) is 5.75 Å². The number of likely N-dealkylation sites (tertiary alicyclic amines) is 1. The van der Waals surface area contributed by atoms with Crippen molar-refractivity contribution in [2.45, 2.75) is 63.0 Å². The lowest BCUT2D eigenvalue weighted by molar-refractivity contribution is 0.0189. The fraction of sp³-hybridized carbons (Fsp3) is 0.500. The van der Waals surface area contributed by atoms with Crippen LogP contribution in [-0.2, 0) is 4.74 Å². The summed E-state index contributed by atoms with van der Waals surface area (Å²) in [6, 6.07) is 10.6. The Bertz CT molecular complexity index is 1170. The van der Waals surface area contributed by atoms with Gasteiger partial charge in [0.25, 0.3) is 0 Å². The number of carbonyl (C=O) groups excluding carboxylic acids is 2. The van der Waals surface area contributed by atoms with Gasteiger partial charge in [-0.15, -0.1) is 11.8 Å². The zero-order valence-corrected chi connectivity index (χ0v) is 22.0. The summed E-state index contributed by atoms with van der Waals surface area (Å²) in [6.45, 7) is 9.74. The van der Waals surface area contributed by atoms with Gasteiger partial charge in [0, 0.05) is 42.1 Å². The zero-order chi connectivity index (χ0) is 24.9. The second-order valence-corrected chi connectivity index (χ2v) is 11.8. The third-order valence-corrected chi connectivity index (χ3v) is 8.25. The summed E-state index contributed by atoms with van der Waals surface area (Å²) >= 11 is 1.90. The van der Waals surface area contributed by atoms with Crippen LogP contribution in [0.2, 0.25) is 0 Å². The number of thioether (sulfide) groups is 1. The first-order chi connectivity index (χ1) is 16.7. The monoisotopic (exact) mass is 494 g/mol. The summed E-state index contributed by atoms with van der Waals surface area (Å²) in [4.78, 5) is 31.2. The van der Waals surface area contributed by atoms with E-state index in [9.17, 15) is 9.59 Å². The first kappa shape index (κ1) is 24.0. The number of anilines is 1. The molecule has 0 N–H and O–H groups in total. The Labute approximate surface area is 212 Å². The summed E-state index contributed by atoms with van der Waals surface area (Å²) in [5, 5.41) is 0. The second-order valence-electron chi connectivity index (χ2n) is 10.7. The Morgan fingerprint density at radius 2 is 1.91 bits per heavy atom. The summed E-state index contributed by atoms with van der Waals surface area (Å²) in [6.07, 6.45) is 1.83. The van der Waals surface area contributed by atoms with Crippen LogP contribution in [0.1, 0.15) is 62.4 Å². The predicted octanol–water partition coefficient (Wildman–Crippen LogP) is 5.97. The number of benzene rings is 2. The highest BCUT2D eigenvalue weighted by molar-refractivity contribution is 7.99. The molecule has 3 heterocycles. The number of carbonyl (C=O) groups is 2. The standard InChI is InChI=1S/C28H34N2O4S/c1-17(31)21-15-19(33-5)7-8-20(21)18-13-22-23-16-29(27(32)34-28(2,3)4)11-9-24(23)30-10-6-12-35-25(14-18)26(22)30/h7-8,13-15,23-24H,6,9-12,16H2,1-5H3/t23-,24-/m0/s1. The summed E-state index contributed by atoms with van der Waals surface area (Å²) in [7, 11) is 1.62. The van der Waals surface area contributed by atoms with E-state index in [0.717, 1.165) is 36.3 Å². The van der Waals surface area contributed by atoms with E-state index >= 15 is 0 Å². The van der Waals surface area contributed by atoms with Gasteiger partial charge < -0.3 is 19.3 Å².